The third-order valence-electron chi connectivity index (χ3n) is 5.00. The highest BCUT2D eigenvalue weighted by Gasteiger charge is 2.08. The molecule has 0 fully saturated rings. The molecule has 0 saturated heterocycles. The van der Waals surface area contributed by atoms with Crippen molar-refractivity contribution in [3.05, 3.63) is 99.1 Å². The Morgan fingerprint density at radius 3 is 2.28 bits per heavy atom. The summed E-state index contributed by atoms with van der Waals surface area (Å²) in [6.45, 7) is 1.64. The van der Waals surface area contributed by atoms with E-state index in [1.807, 2.05) is 12.1 Å². The Hall–Kier alpha value is -2.40. The first kappa shape index (κ1) is 18.6. The van der Waals surface area contributed by atoms with Gasteiger partial charge in [0.2, 0.25) is 0 Å². The van der Waals surface area contributed by atoms with E-state index in [0.717, 1.165) is 28.5 Å². The molecule has 0 aliphatic heterocycles. The zero-order valence-electron chi connectivity index (χ0n) is 15.7. The highest BCUT2D eigenvalue weighted by Crippen LogP contribution is 2.24. The van der Waals surface area contributed by atoms with Crippen LogP contribution in [0.3, 0.4) is 0 Å². The molecule has 3 aromatic carbocycles. The number of aromatic nitrogens is 1. The van der Waals surface area contributed by atoms with Gasteiger partial charge in [-0.2, -0.15) is 0 Å². The van der Waals surface area contributed by atoms with Gasteiger partial charge in [0.05, 0.1) is 0 Å². The number of halogens is 1. The van der Waals surface area contributed by atoms with Crippen LogP contribution in [0.5, 0.6) is 0 Å². The molecule has 5 aromatic rings. The number of fused-ring (bicyclic) bond motifs is 2. The first-order chi connectivity index (χ1) is 14.3. The van der Waals surface area contributed by atoms with Crippen LogP contribution in [0.15, 0.2) is 84.0 Å². The second-order valence-electron chi connectivity index (χ2n) is 6.97. The maximum Gasteiger partial charge on any atom is 0.167 e. The van der Waals surface area contributed by atoms with E-state index >= 15 is 0 Å². The largest absolute Gasteiger partial charge is 0.343 e. The summed E-state index contributed by atoms with van der Waals surface area (Å²) >= 11 is 9.59. The molecule has 2 heterocycles. The summed E-state index contributed by atoms with van der Waals surface area (Å²) in [5.41, 5.74) is 3.87. The minimum atomic E-state index is 0.774. The first-order valence-corrected chi connectivity index (χ1v) is 11.6. The molecular weight excluding hydrogens is 416 g/mol. The molecule has 29 heavy (non-hydrogen) atoms. The second kappa shape index (κ2) is 8.15. The van der Waals surface area contributed by atoms with Crippen LogP contribution in [-0.2, 0) is 13.0 Å². The van der Waals surface area contributed by atoms with E-state index in [4.69, 9.17) is 16.6 Å². The van der Waals surface area contributed by atoms with Gasteiger partial charge in [-0.25, -0.2) is 0 Å². The number of benzene rings is 3. The summed E-state index contributed by atoms with van der Waals surface area (Å²) < 4.78 is 6.11. The number of nitrogens with zero attached hydrogens (tertiary/aromatic N) is 2. The van der Waals surface area contributed by atoms with E-state index in [9.17, 15) is 0 Å². The number of rotatable bonds is 5. The Balaban J connectivity index is 1.41. The zero-order valence-corrected chi connectivity index (χ0v) is 18.1. The van der Waals surface area contributed by atoms with Gasteiger partial charge in [0.25, 0.3) is 0 Å². The van der Waals surface area contributed by atoms with Gasteiger partial charge in [-0.3, -0.25) is 4.99 Å². The number of hydrogen-bond donors (Lipinski definition) is 0. The number of para-hydroxylation sites is 1. The van der Waals surface area contributed by atoms with E-state index in [1.54, 1.807) is 22.7 Å². The van der Waals surface area contributed by atoms with Crippen LogP contribution in [0.4, 0.5) is 0 Å². The first-order valence-electron chi connectivity index (χ1n) is 9.57. The van der Waals surface area contributed by atoms with Gasteiger partial charge < -0.3 is 4.57 Å². The van der Waals surface area contributed by atoms with Crippen LogP contribution in [0.2, 0.25) is 5.02 Å². The standard InChI is InChI=1S/C24H19ClN2S2/c25-19-11-9-17(10-12-19)15-27-16-18(20-5-1-2-6-21(20)27)13-14-26-24-28-22-7-3-4-8-23(22)29-24/h1-12,16H,13-15H2. The molecule has 0 amide bonds. The van der Waals surface area contributed by atoms with E-state index in [1.165, 1.54) is 31.4 Å². The molecule has 144 valence electrons. The van der Waals surface area contributed by atoms with Gasteiger partial charge in [-0.15, -0.1) is 22.7 Å². The Morgan fingerprint density at radius 1 is 0.828 bits per heavy atom. The maximum atomic E-state index is 6.03. The monoisotopic (exact) mass is 434 g/mol. The summed E-state index contributed by atoms with van der Waals surface area (Å²) in [5, 5.41) is 2.09. The lowest BCUT2D eigenvalue weighted by molar-refractivity contribution is 0.827. The summed E-state index contributed by atoms with van der Waals surface area (Å²) in [6.07, 6.45) is 3.22. The average Bonchev–Trinajstić information content (AvgIpc) is 3.31. The van der Waals surface area contributed by atoms with Crippen LogP contribution >= 0.6 is 34.3 Å². The van der Waals surface area contributed by atoms with Crippen molar-refractivity contribution in [2.75, 3.05) is 6.54 Å². The Kier molecular flexibility index (Phi) is 5.23. The summed E-state index contributed by atoms with van der Waals surface area (Å²) in [4.78, 5) is 4.86. The summed E-state index contributed by atoms with van der Waals surface area (Å²) in [6, 6.07) is 25.2. The number of hydrogen-bond acceptors (Lipinski definition) is 3. The molecule has 2 aromatic heterocycles. The molecule has 0 aliphatic rings. The fraction of sp³-hybridized carbons (Fsp3) is 0.125. The summed E-state index contributed by atoms with van der Waals surface area (Å²) in [5.74, 6) is 0. The molecule has 2 nitrogen and oxygen atoms in total. The van der Waals surface area contributed by atoms with Crippen LogP contribution in [0.25, 0.3) is 20.3 Å². The van der Waals surface area contributed by atoms with Crippen LogP contribution in [0, 0.1) is 0 Å². The minimum absolute atomic E-state index is 0.774. The lowest BCUT2D eigenvalue weighted by Gasteiger charge is -2.05. The van der Waals surface area contributed by atoms with Gasteiger partial charge in [0, 0.05) is 44.6 Å². The van der Waals surface area contributed by atoms with Crippen LogP contribution in [-0.4, -0.2) is 11.1 Å². The Labute approximate surface area is 182 Å². The molecule has 0 N–H and O–H groups in total. The van der Waals surface area contributed by atoms with Crippen molar-refractivity contribution in [1.29, 1.82) is 0 Å². The van der Waals surface area contributed by atoms with E-state index < -0.39 is 0 Å². The lowest BCUT2D eigenvalue weighted by Crippen LogP contribution is -1.98. The van der Waals surface area contributed by atoms with Crippen molar-refractivity contribution in [2.24, 2.45) is 4.99 Å². The predicted molar refractivity (Wildman–Crippen MR) is 126 cm³/mol. The van der Waals surface area contributed by atoms with E-state index in [2.05, 4.69) is 71.4 Å². The fourth-order valence-electron chi connectivity index (χ4n) is 3.60. The highest BCUT2D eigenvalue weighted by molar-refractivity contribution is 7.35. The van der Waals surface area contributed by atoms with Gasteiger partial charge in [0.1, 0.15) is 0 Å². The van der Waals surface area contributed by atoms with Crippen molar-refractivity contribution >= 4 is 54.6 Å². The molecule has 5 heteroatoms. The topological polar surface area (TPSA) is 17.3 Å². The van der Waals surface area contributed by atoms with Gasteiger partial charge >= 0.3 is 0 Å². The summed E-state index contributed by atoms with van der Waals surface area (Å²) in [7, 11) is 0. The van der Waals surface area contributed by atoms with Gasteiger partial charge in [-0.1, -0.05) is 54.1 Å². The maximum absolute atomic E-state index is 6.03. The van der Waals surface area contributed by atoms with Crippen molar-refractivity contribution in [3.63, 3.8) is 0 Å². The van der Waals surface area contributed by atoms with Crippen LogP contribution < -0.4 is 3.98 Å². The molecule has 0 aliphatic carbocycles. The smallest absolute Gasteiger partial charge is 0.167 e. The molecule has 0 spiro atoms. The molecule has 0 atom stereocenters. The minimum Gasteiger partial charge on any atom is -0.343 e. The quantitative estimate of drug-likeness (QED) is 0.290. The van der Waals surface area contributed by atoms with E-state index in [0.29, 0.717) is 0 Å². The lowest BCUT2D eigenvalue weighted by atomic mass is 10.1. The Morgan fingerprint density at radius 2 is 1.52 bits per heavy atom. The Bertz CT molecular complexity index is 1310. The van der Waals surface area contributed by atoms with Crippen molar-refractivity contribution in [1.82, 2.24) is 4.57 Å². The molecule has 5 rings (SSSR count). The fourth-order valence-corrected chi connectivity index (χ4v) is 6.00. The van der Waals surface area contributed by atoms with Crippen molar-refractivity contribution in [3.8, 4) is 0 Å². The molecule has 0 unspecified atom stereocenters. The van der Waals surface area contributed by atoms with Crippen molar-refractivity contribution in [2.45, 2.75) is 13.0 Å². The molecular formula is C24H19ClN2S2. The van der Waals surface area contributed by atoms with E-state index in [-0.39, 0.29) is 0 Å². The third kappa shape index (κ3) is 4.01. The molecule has 0 saturated carbocycles. The normalized spacial score (nSPS) is 11.3. The second-order valence-corrected chi connectivity index (χ2v) is 9.73. The van der Waals surface area contributed by atoms with Gasteiger partial charge in [-0.05, 0) is 47.9 Å². The zero-order chi connectivity index (χ0) is 19.6. The average molecular weight is 435 g/mol. The predicted octanol–water partition coefficient (Wildman–Crippen LogP) is 6.76. The third-order valence-corrected chi connectivity index (χ3v) is 7.64. The van der Waals surface area contributed by atoms with Crippen molar-refractivity contribution < 1.29 is 0 Å². The van der Waals surface area contributed by atoms with Crippen LogP contribution in [0.1, 0.15) is 11.1 Å². The van der Waals surface area contributed by atoms with Gasteiger partial charge in [0.15, 0.2) is 3.98 Å². The SMILES string of the molecule is Clc1ccc(Cn2cc(CCN=c3sc4ccccc4s3)c3ccccc32)cc1. The molecule has 0 bridgehead atoms. The molecule has 0 radical (unpaired) electrons. The highest BCUT2D eigenvalue weighted by atomic mass is 35.5.